The molecule has 102 valence electrons. The molecule has 0 saturated carbocycles. The lowest BCUT2D eigenvalue weighted by Crippen LogP contribution is -2.10. The molecule has 2 aromatic rings. The van der Waals surface area contributed by atoms with Crippen LogP contribution in [0.5, 0.6) is 0 Å². The summed E-state index contributed by atoms with van der Waals surface area (Å²) >= 11 is 0. The van der Waals surface area contributed by atoms with Gasteiger partial charge in [0.1, 0.15) is 6.20 Å². The van der Waals surface area contributed by atoms with Crippen molar-refractivity contribution in [1.82, 2.24) is 9.55 Å². The Kier molecular flexibility index (Phi) is 3.60. The van der Waals surface area contributed by atoms with Gasteiger partial charge in [0.15, 0.2) is 0 Å². The number of hydrogen-bond donors (Lipinski definition) is 1. The van der Waals surface area contributed by atoms with Crippen molar-refractivity contribution in [1.29, 1.82) is 0 Å². The highest BCUT2D eigenvalue weighted by Gasteiger charge is 2.13. The third-order valence-corrected chi connectivity index (χ3v) is 2.78. The SMILES string of the molecule is Cn1c([N+](=O)[O-])cnc1C=Cc1cccc(C(N)=O)c1. The zero-order chi connectivity index (χ0) is 14.7. The van der Waals surface area contributed by atoms with Crippen LogP contribution >= 0.6 is 0 Å². The van der Waals surface area contributed by atoms with Gasteiger partial charge in [0.2, 0.25) is 11.7 Å². The summed E-state index contributed by atoms with van der Waals surface area (Å²) in [6.45, 7) is 0. The van der Waals surface area contributed by atoms with Gasteiger partial charge in [-0.25, -0.2) is 9.55 Å². The monoisotopic (exact) mass is 272 g/mol. The van der Waals surface area contributed by atoms with E-state index in [-0.39, 0.29) is 5.82 Å². The van der Waals surface area contributed by atoms with Crippen LogP contribution in [-0.2, 0) is 7.05 Å². The molecule has 0 atom stereocenters. The van der Waals surface area contributed by atoms with Gasteiger partial charge in [-0.05, 0) is 28.7 Å². The Morgan fingerprint density at radius 3 is 2.80 bits per heavy atom. The van der Waals surface area contributed by atoms with Gasteiger partial charge in [-0.3, -0.25) is 4.79 Å². The molecular formula is C13H12N4O3. The average Bonchev–Trinajstić information content (AvgIpc) is 2.78. The Balaban J connectivity index is 2.28. The number of carbonyl (C=O) groups is 1. The van der Waals surface area contributed by atoms with E-state index < -0.39 is 10.8 Å². The van der Waals surface area contributed by atoms with Crippen LogP contribution in [0, 0.1) is 10.1 Å². The van der Waals surface area contributed by atoms with E-state index in [0.717, 1.165) is 5.56 Å². The molecule has 2 N–H and O–H groups in total. The molecule has 0 bridgehead atoms. The summed E-state index contributed by atoms with van der Waals surface area (Å²) in [6.07, 6.45) is 4.53. The first-order chi connectivity index (χ1) is 9.49. The largest absolute Gasteiger partial charge is 0.366 e. The fourth-order valence-electron chi connectivity index (χ4n) is 1.71. The molecule has 7 nitrogen and oxygen atoms in total. The maximum Gasteiger partial charge on any atom is 0.342 e. The highest BCUT2D eigenvalue weighted by Crippen LogP contribution is 2.14. The van der Waals surface area contributed by atoms with Crippen molar-refractivity contribution in [2.45, 2.75) is 0 Å². The third kappa shape index (κ3) is 2.72. The minimum atomic E-state index is -0.507. The molecule has 1 heterocycles. The molecule has 0 aliphatic heterocycles. The van der Waals surface area contributed by atoms with E-state index >= 15 is 0 Å². The van der Waals surface area contributed by atoms with E-state index in [1.54, 1.807) is 43.5 Å². The highest BCUT2D eigenvalue weighted by atomic mass is 16.6. The normalized spacial score (nSPS) is 10.8. The van der Waals surface area contributed by atoms with Crippen molar-refractivity contribution in [3.05, 3.63) is 57.5 Å². The highest BCUT2D eigenvalue weighted by molar-refractivity contribution is 5.93. The van der Waals surface area contributed by atoms with Gasteiger partial charge >= 0.3 is 5.82 Å². The van der Waals surface area contributed by atoms with Crippen molar-refractivity contribution in [3.8, 4) is 0 Å². The Bertz CT molecular complexity index is 703. The predicted molar refractivity (Wildman–Crippen MR) is 73.8 cm³/mol. The van der Waals surface area contributed by atoms with Crippen LogP contribution in [0.25, 0.3) is 12.2 Å². The average molecular weight is 272 g/mol. The Morgan fingerprint density at radius 1 is 1.45 bits per heavy atom. The summed E-state index contributed by atoms with van der Waals surface area (Å²) < 4.78 is 1.37. The molecule has 0 aliphatic rings. The van der Waals surface area contributed by atoms with Gasteiger partial charge in [-0.15, -0.1) is 0 Å². The fraction of sp³-hybridized carbons (Fsp3) is 0.0769. The quantitative estimate of drug-likeness (QED) is 0.674. The number of imidazole rings is 1. The van der Waals surface area contributed by atoms with Crippen LogP contribution < -0.4 is 5.73 Å². The number of nitrogens with zero attached hydrogens (tertiary/aromatic N) is 3. The first kappa shape index (κ1) is 13.5. The number of benzene rings is 1. The molecule has 0 spiro atoms. The number of carbonyl (C=O) groups excluding carboxylic acids is 1. The van der Waals surface area contributed by atoms with Crippen molar-refractivity contribution < 1.29 is 9.72 Å². The van der Waals surface area contributed by atoms with E-state index in [0.29, 0.717) is 11.4 Å². The molecule has 0 saturated heterocycles. The lowest BCUT2D eigenvalue weighted by molar-refractivity contribution is -0.391. The van der Waals surface area contributed by atoms with Crippen LogP contribution in [0.4, 0.5) is 5.82 Å². The van der Waals surface area contributed by atoms with Crippen molar-refractivity contribution in [2.24, 2.45) is 12.8 Å². The minimum Gasteiger partial charge on any atom is -0.366 e. The third-order valence-electron chi connectivity index (χ3n) is 2.78. The maximum atomic E-state index is 11.1. The number of rotatable bonds is 4. The van der Waals surface area contributed by atoms with E-state index in [2.05, 4.69) is 4.98 Å². The fourth-order valence-corrected chi connectivity index (χ4v) is 1.71. The number of nitrogens with two attached hydrogens (primary N) is 1. The smallest absolute Gasteiger partial charge is 0.342 e. The predicted octanol–water partition coefficient (Wildman–Crippen LogP) is 1.60. The van der Waals surface area contributed by atoms with Gasteiger partial charge in [0.25, 0.3) is 0 Å². The van der Waals surface area contributed by atoms with E-state index in [9.17, 15) is 14.9 Å². The summed E-state index contributed by atoms with van der Waals surface area (Å²) in [7, 11) is 1.56. The second kappa shape index (κ2) is 5.35. The lowest BCUT2D eigenvalue weighted by atomic mass is 10.1. The lowest BCUT2D eigenvalue weighted by Gasteiger charge is -1.97. The first-order valence-corrected chi connectivity index (χ1v) is 5.73. The zero-order valence-electron chi connectivity index (χ0n) is 10.7. The van der Waals surface area contributed by atoms with Gasteiger partial charge < -0.3 is 15.8 Å². The zero-order valence-corrected chi connectivity index (χ0v) is 10.7. The number of amides is 1. The first-order valence-electron chi connectivity index (χ1n) is 5.73. The van der Waals surface area contributed by atoms with Crippen molar-refractivity contribution in [3.63, 3.8) is 0 Å². The minimum absolute atomic E-state index is 0.0875. The second-order valence-electron chi connectivity index (χ2n) is 4.11. The van der Waals surface area contributed by atoms with Gasteiger partial charge in [-0.2, -0.15) is 0 Å². The Labute approximate surface area is 114 Å². The molecule has 0 aliphatic carbocycles. The Hall–Kier alpha value is -2.96. The van der Waals surface area contributed by atoms with Crippen LogP contribution in [0.1, 0.15) is 21.7 Å². The van der Waals surface area contributed by atoms with Crippen LogP contribution in [0.3, 0.4) is 0 Å². The summed E-state index contributed by atoms with van der Waals surface area (Å²) in [5, 5.41) is 10.7. The summed E-state index contributed by atoms with van der Waals surface area (Å²) in [6, 6.07) is 6.75. The van der Waals surface area contributed by atoms with Crippen molar-refractivity contribution >= 4 is 23.9 Å². The van der Waals surface area contributed by atoms with E-state index in [4.69, 9.17) is 5.73 Å². The topological polar surface area (TPSA) is 104 Å². The molecule has 0 fully saturated rings. The van der Waals surface area contributed by atoms with Crippen LogP contribution in [0.15, 0.2) is 30.5 Å². The standard InChI is InChI=1S/C13H12N4O3/c1-16-11(15-8-12(16)17(19)20)6-5-9-3-2-4-10(7-9)13(14)18/h2-8H,1H3,(H2,14,18). The number of primary amides is 1. The summed E-state index contributed by atoms with van der Waals surface area (Å²) in [4.78, 5) is 25.2. The number of nitro groups is 1. The molecule has 0 radical (unpaired) electrons. The molecule has 1 amide bonds. The maximum absolute atomic E-state index is 11.1. The summed E-state index contributed by atoms with van der Waals surface area (Å²) in [5.41, 5.74) is 6.35. The number of hydrogen-bond acceptors (Lipinski definition) is 4. The van der Waals surface area contributed by atoms with E-state index in [1.165, 1.54) is 10.8 Å². The molecule has 2 rings (SSSR count). The van der Waals surface area contributed by atoms with Crippen LogP contribution in [-0.4, -0.2) is 20.4 Å². The molecule has 7 heteroatoms. The molecule has 0 unspecified atom stereocenters. The Morgan fingerprint density at radius 2 is 2.20 bits per heavy atom. The number of aromatic nitrogens is 2. The van der Waals surface area contributed by atoms with Crippen LogP contribution in [0.2, 0.25) is 0 Å². The van der Waals surface area contributed by atoms with E-state index in [1.807, 2.05) is 0 Å². The van der Waals surface area contributed by atoms with Gasteiger partial charge in [0, 0.05) is 11.6 Å². The molecule has 20 heavy (non-hydrogen) atoms. The molecule has 1 aromatic heterocycles. The molecular weight excluding hydrogens is 260 g/mol. The second-order valence-corrected chi connectivity index (χ2v) is 4.11. The molecule has 1 aromatic carbocycles. The summed E-state index contributed by atoms with van der Waals surface area (Å²) in [5.74, 6) is -0.149. The van der Waals surface area contributed by atoms with Crippen molar-refractivity contribution in [2.75, 3.05) is 0 Å². The van der Waals surface area contributed by atoms with Gasteiger partial charge in [0.05, 0.1) is 7.05 Å². The van der Waals surface area contributed by atoms with Gasteiger partial charge in [-0.1, -0.05) is 12.1 Å².